The predicted octanol–water partition coefficient (Wildman–Crippen LogP) is 6.98. The van der Waals surface area contributed by atoms with Crippen LogP contribution in [0.25, 0.3) is 16.6 Å². The third-order valence-electron chi connectivity index (χ3n) is 7.77. The molecule has 6 nitrogen and oxygen atoms in total. The summed E-state index contributed by atoms with van der Waals surface area (Å²) in [6, 6.07) is 27.9. The van der Waals surface area contributed by atoms with Crippen molar-refractivity contribution in [1.82, 2.24) is 9.55 Å². The first kappa shape index (κ1) is 26.2. The lowest BCUT2D eigenvalue weighted by Crippen LogP contribution is -2.34. The lowest BCUT2D eigenvalue weighted by molar-refractivity contribution is -0.159. The van der Waals surface area contributed by atoms with Gasteiger partial charge in [0.15, 0.2) is 11.6 Å². The van der Waals surface area contributed by atoms with Gasteiger partial charge < -0.3 is 9.47 Å². The van der Waals surface area contributed by atoms with Gasteiger partial charge in [0.25, 0.3) is 11.3 Å². The fourth-order valence-corrected chi connectivity index (χ4v) is 6.26. The van der Waals surface area contributed by atoms with E-state index >= 15 is 0 Å². The molecule has 0 bridgehead atoms. The summed E-state index contributed by atoms with van der Waals surface area (Å²) in [6.07, 6.45) is 1.80. The van der Waals surface area contributed by atoms with Gasteiger partial charge in [-0.1, -0.05) is 99.1 Å². The van der Waals surface area contributed by atoms with Gasteiger partial charge in [0.2, 0.25) is 0 Å². The van der Waals surface area contributed by atoms with E-state index in [-0.39, 0.29) is 24.4 Å². The first-order valence-corrected chi connectivity index (χ1v) is 14.6. The number of hydrogen-bond donors (Lipinski definition) is 0. The van der Waals surface area contributed by atoms with Crippen LogP contribution in [0, 0.1) is 0 Å². The SMILES string of the molecule is C=CC1(c2ccc(Br)cc2)COC2(O1)c1ccccc1-n1c2nc2cccc(CC(=O)c3ccc(Br)cc3)c2c1=O. The molecular formula is C33H22Br2N2O4. The molecule has 2 unspecified atom stereocenters. The third-order valence-corrected chi connectivity index (χ3v) is 8.83. The molecular weight excluding hydrogens is 648 g/mol. The molecule has 8 heteroatoms. The molecule has 4 aromatic carbocycles. The van der Waals surface area contributed by atoms with Crippen molar-refractivity contribution in [3.05, 3.63) is 151 Å². The summed E-state index contributed by atoms with van der Waals surface area (Å²) in [7, 11) is 0. The van der Waals surface area contributed by atoms with Gasteiger partial charge in [-0.15, -0.1) is 0 Å². The zero-order valence-corrected chi connectivity index (χ0v) is 24.8. The molecule has 7 rings (SSSR count). The Balaban J connectivity index is 1.39. The molecule has 5 aromatic rings. The van der Waals surface area contributed by atoms with E-state index in [0.29, 0.717) is 39.1 Å². The average Bonchev–Trinajstić information content (AvgIpc) is 3.51. The normalized spacial score (nSPS) is 20.7. The largest absolute Gasteiger partial charge is 0.336 e. The number of ether oxygens (including phenoxy) is 2. The second-order valence-electron chi connectivity index (χ2n) is 10.1. The summed E-state index contributed by atoms with van der Waals surface area (Å²) in [5.41, 5.74) is 2.62. The fraction of sp³-hybridized carbons (Fsp3) is 0.121. The number of fused-ring (bicyclic) bond motifs is 6. The quantitative estimate of drug-likeness (QED) is 0.149. The maximum atomic E-state index is 14.3. The molecule has 3 heterocycles. The number of Topliss-reactive ketones (excluding diaryl/α,β-unsaturated/α-hetero) is 1. The molecule has 41 heavy (non-hydrogen) atoms. The van der Waals surface area contributed by atoms with E-state index in [1.165, 1.54) is 0 Å². The number of halogens is 2. The Morgan fingerprint density at radius 2 is 1.66 bits per heavy atom. The molecule has 2 aliphatic heterocycles. The van der Waals surface area contributed by atoms with Crippen LogP contribution in [-0.4, -0.2) is 21.9 Å². The van der Waals surface area contributed by atoms with E-state index < -0.39 is 11.4 Å². The molecule has 1 spiro atoms. The maximum absolute atomic E-state index is 14.3. The maximum Gasteiger partial charge on any atom is 0.266 e. The van der Waals surface area contributed by atoms with Crippen molar-refractivity contribution in [1.29, 1.82) is 0 Å². The van der Waals surface area contributed by atoms with E-state index in [1.807, 2.05) is 72.8 Å². The molecule has 0 aliphatic carbocycles. The van der Waals surface area contributed by atoms with Crippen LogP contribution in [0.4, 0.5) is 0 Å². The Kier molecular flexibility index (Phi) is 6.21. The van der Waals surface area contributed by atoms with Crippen molar-refractivity contribution >= 4 is 48.5 Å². The van der Waals surface area contributed by atoms with Crippen LogP contribution in [0.2, 0.25) is 0 Å². The van der Waals surface area contributed by atoms with Crippen LogP contribution in [0.1, 0.15) is 32.9 Å². The van der Waals surface area contributed by atoms with Crippen molar-refractivity contribution in [2.75, 3.05) is 6.61 Å². The molecule has 202 valence electrons. The summed E-state index contributed by atoms with van der Waals surface area (Å²) in [5, 5.41) is 0.398. The van der Waals surface area contributed by atoms with Crippen molar-refractivity contribution in [2.45, 2.75) is 17.8 Å². The highest BCUT2D eigenvalue weighted by atomic mass is 79.9. The van der Waals surface area contributed by atoms with E-state index in [0.717, 1.165) is 14.5 Å². The van der Waals surface area contributed by atoms with Gasteiger partial charge in [0, 0.05) is 26.5 Å². The van der Waals surface area contributed by atoms with Crippen molar-refractivity contribution in [3.8, 4) is 5.69 Å². The van der Waals surface area contributed by atoms with Gasteiger partial charge in [-0.3, -0.25) is 14.2 Å². The minimum atomic E-state index is -1.42. The highest BCUT2D eigenvalue weighted by Gasteiger charge is 2.58. The van der Waals surface area contributed by atoms with Gasteiger partial charge in [0.1, 0.15) is 5.60 Å². The molecule has 2 aliphatic rings. The molecule has 0 N–H and O–H groups in total. The van der Waals surface area contributed by atoms with Crippen LogP contribution in [0.5, 0.6) is 0 Å². The molecule has 1 saturated heterocycles. The number of hydrogen-bond acceptors (Lipinski definition) is 5. The van der Waals surface area contributed by atoms with Gasteiger partial charge >= 0.3 is 0 Å². The predicted molar refractivity (Wildman–Crippen MR) is 163 cm³/mol. The minimum Gasteiger partial charge on any atom is -0.336 e. The average molecular weight is 670 g/mol. The smallest absolute Gasteiger partial charge is 0.266 e. The van der Waals surface area contributed by atoms with Gasteiger partial charge in [-0.05, 0) is 47.5 Å². The Labute approximate surface area is 252 Å². The number of benzene rings is 4. The molecule has 0 saturated carbocycles. The molecule has 1 fully saturated rings. The van der Waals surface area contributed by atoms with Crippen LogP contribution in [0.15, 0.2) is 117 Å². The number of carbonyl (C=O) groups is 1. The van der Waals surface area contributed by atoms with E-state index in [4.69, 9.17) is 14.5 Å². The number of carbonyl (C=O) groups excluding carboxylic acids is 1. The zero-order chi connectivity index (χ0) is 28.4. The highest BCUT2D eigenvalue weighted by molar-refractivity contribution is 9.10. The summed E-state index contributed by atoms with van der Waals surface area (Å²) in [5.74, 6) is -1.16. The monoisotopic (exact) mass is 668 g/mol. The summed E-state index contributed by atoms with van der Waals surface area (Å²) >= 11 is 6.90. The topological polar surface area (TPSA) is 70.4 Å². The first-order chi connectivity index (χ1) is 19.8. The Morgan fingerprint density at radius 3 is 2.39 bits per heavy atom. The number of nitrogens with zero attached hydrogens (tertiary/aromatic N) is 2. The fourth-order valence-electron chi connectivity index (χ4n) is 5.73. The first-order valence-electron chi connectivity index (χ1n) is 13.0. The molecule has 1 aromatic heterocycles. The second-order valence-corrected chi connectivity index (χ2v) is 12.0. The Hall–Kier alpha value is -3.69. The van der Waals surface area contributed by atoms with Crippen LogP contribution in [-0.2, 0) is 27.3 Å². The molecule has 0 radical (unpaired) electrons. The summed E-state index contributed by atoms with van der Waals surface area (Å²) in [4.78, 5) is 32.5. The zero-order valence-electron chi connectivity index (χ0n) is 21.6. The third kappa shape index (κ3) is 4.00. The van der Waals surface area contributed by atoms with Gasteiger partial charge in [-0.2, -0.15) is 0 Å². The Morgan fingerprint density at radius 1 is 0.951 bits per heavy atom. The number of para-hydroxylation sites is 1. The number of aromatic nitrogens is 2. The van der Waals surface area contributed by atoms with E-state index in [2.05, 4.69) is 38.4 Å². The van der Waals surface area contributed by atoms with E-state index in [1.54, 1.807) is 28.8 Å². The molecule has 2 atom stereocenters. The lowest BCUT2D eigenvalue weighted by Gasteiger charge is -2.28. The Bertz CT molecular complexity index is 1930. The second kappa shape index (κ2) is 9.70. The summed E-state index contributed by atoms with van der Waals surface area (Å²) < 4.78 is 16.8. The van der Waals surface area contributed by atoms with Gasteiger partial charge in [-0.25, -0.2) is 4.98 Å². The van der Waals surface area contributed by atoms with Crippen LogP contribution in [0.3, 0.4) is 0 Å². The van der Waals surface area contributed by atoms with Crippen molar-refractivity contribution in [3.63, 3.8) is 0 Å². The molecule has 0 amide bonds. The van der Waals surface area contributed by atoms with Gasteiger partial charge in [0.05, 0.1) is 23.2 Å². The van der Waals surface area contributed by atoms with E-state index in [9.17, 15) is 9.59 Å². The van der Waals surface area contributed by atoms with Crippen molar-refractivity contribution in [2.24, 2.45) is 0 Å². The lowest BCUT2D eigenvalue weighted by atomic mass is 9.95. The summed E-state index contributed by atoms with van der Waals surface area (Å²) in [6.45, 7) is 4.26. The number of rotatable bonds is 5. The number of ketones is 1. The standard InChI is InChI=1S/C33H22Br2N2O4/c1-2-32(22-12-16-24(35)17-13-22)19-40-33(41-32)25-7-3-4-9-27(25)37-30(39)29-21(6-5-8-26(29)36-31(33)37)18-28(38)20-10-14-23(34)15-11-20/h2-17H,1,18-19H2. The van der Waals surface area contributed by atoms with Crippen molar-refractivity contribution < 1.29 is 14.3 Å². The van der Waals surface area contributed by atoms with Crippen LogP contribution < -0.4 is 5.56 Å². The van der Waals surface area contributed by atoms with Crippen LogP contribution >= 0.6 is 31.9 Å². The minimum absolute atomic E-state index is 0.0676. The highest BCUT2D eigenvalue weighted by Crippen LogP contribution is 2.53.